The molecule has 0 aliphatic heterocycles. The molecule has 4 nitrogen and oxygen atoms in total. The summed E-state index contributed by atoms with van der Waals surface area (Å²) in [6, 6.07) is 11.4. The van der Waals surface area contributed by atoms with Crippen molar-refractivity contribution in [3.63, 3.8) is 0 Å². The molecule has 0 fully saturated rings. The maximum atomic E-state index is 10.7. The van der Waals surface area contributed by atoms with Crippen LogP contribution >= 0.6 is 0 Å². The zero-order chi connectivity index (χ0) is 14.7. The van der Waals surface area contributed by atoms with Gasteiger partial charge in [-0.2, -0.15) is 0 Å². The van der Waals surface area contributed by atoms with Gasteiger partial charge < -0.3 is 9.84 Å². The minimum Gasteiger partial charge on any atom is -0.492 e. The van der Waals surface area contributed by atoms with Crippen molar-refractivity contribution in [1.82, 2.24) is 9.97 Å². The predicted octanol–water partition coefficient (Wildman–Crippen LogP) is 3.11. The summed E-state index contributed by atoms with van der Waals surface area (Å²) in [5, 5.41) is 11.6. The van der Waals surface area contributed by atoms with Crippen molar-refractivity contribution < 1.29 is 9.84 Å². The third-order valence-electron chi connectivity index (χ3n) is 3.34. The van der Waals surface area contributed by atoms with Gasteiger partial charge in [-0.1, -0.05) is 18.2 Å². The molecule has 0 aliphatic rings. The molecule has 3 rings (SSSR count). The summed E-state index contributed by atoms with van der Waals surface area (Å²) >= 11 is 0. The zero-order valence-electron chi connectivity index (χ0n) is 11.7. The SMILES string of the molecule is CCOc1cncc(C(O)c2cccc3ncccc23)c1. The number of nitrogens with zero attached hydrogens (tertiary/aromatic N) is 2. The van der Waals surface area contributed by atoms with Crippen LogP contribution < -0.4 is 4.74 Å². The molecule has 0 spiro atoms. The van der Waals surface area contributed by atoms with Crippen molar-refractivity contribution in [2.24, 2.45) is 0 Å². The van der Waals surface area contributed by atoms with E-state index in [1.165, 1.54) is 0 Å². The Labute approximate surface area is 123 Å². The molecule has 0 radical (unpaired) electrons. The number of hydrogen-bond acceptors (Lipinski definition) is 4. The third-order valence-corrected chi connectivity index (χ3v) is 3.34. The van der Waals surface area contributed by atoms with Gasteiger partial charge in [0.05, 0.1) is 18.3 Å². The first-order valence-electron chi connectivity index (χ1n) is 6.89. The average Bonchev–Trinajstić information content (AvgIpc) is 2.54. The highest BCUT2D eigenvalue weighted by molar-refractivity contribution is 5.82. The number of pyridine rings is 2. The topological polar surface area (TPSA) is 55.2 Å². The highest BCUT2D eigenvalue weighted by Crippen LogP contribution is 2.29. The number of ether oxygens (including phenoxy) is 1. The van der Waals surface area contributed by atoms with Crippen LogP contribution in [-0.4, -0.2) is 21.7 Å². The first-order chi connectivity index (χ1) is 10.3. The molecule has 4 heteroatoms. The van der Waals surface area contributed by atoms with Crippen molar-refractivity contribution in [3.8, 4) is 5.75 Å². The van der Waals surface area contributed by atoms with E-state index < -0.39 is 6.10 Å². The summed E-state index contributed by atoms with van der Waals surface area (Å²) in [6.45, 7) is 2.49. The lowest BCUT2D eigenvalue weighted by molar-refractivity contribution is 0.220. The molecule has 21 heavy (non-hydrogen) atoms. The van der Waals surface area contributed by atoms with Gasteiger partial charge in [-0.25, -0.2) is 0 Å². The molecule has 0 saturated carbocycles. The Morgan fingerprint density at radius 3 is 2.95 bits per heavy atom. The molecule has 106 valence electrons. The number of aromatic nitrogens is 2. The van der Waals surface area contributed by atoms with E-state index in [2.05, 4.69) is 9.97 Å². The van der Waals surface area contributed by atoms with Crippen molar-refractivity contribution in [2.45, 2.75) is 13.0 Å². The molecule has 2 aromatic heterocycles. The van der Waals surface area contributed by atoms with E-state index in [0.29, 0.717) is 17.9 Å². The fourth-order valence-electron chi connectivity index (χ4n) is 2.38. The minimum absolute atomic E-state index is 0.569. The van der Waals surface area contributed by atoms with Crippen molar-refractivity contribution >= 4 is 10.9 Å². The fraction of sp³-hybridized carbons (Fsp3) is 0.176. The standard InChI is InChI=1S/C17H16N2O2/c1-2-21-13-9-12(10-18-11-13)17(20)15-5-3-7-16-14(15)6-4-8-19-16/h3-11,17,20H,2H2,1H3. The maximum absolute atomic E-state index is 10.7. The largest absolute Gasteiger partial charge is 0.492 e. The van der Waals surface area contributed by atoms with Gasteiger partial charge in [0.2, 0.25) is 0 Å². The summed E-state index contributed by atoms with van der Waals surface area (Å²) in [5.74, 6) is 0.660. The zero-order valence-corrected chi connectivity index (χ0v) is 11.7. The molecular formula is C17H16N2O2. The Morgan fingerprint density at radius 2 is 2.10 bits per heavy atom. The van der Waals surface area contributed by atoms with Crippen LogP contribution in [0.1, 0.15) is 24.2 Å². The molecule has 1 aromatic carbocycles. The first-order valence-corrected chi connectivity index (χ1v) is 6.89. The van der Waals surface area contributed by atoms with Crippen molar-refractivity contribution in [1.29, 1.82) is 0 Å². The highest BCUT2D eigenvalue weighted by Gasteiger charge is 2.14. The van der Waals surface area contributed by atoms with Crippen molar-refractivity contribution in [2.75, 3.05) is 6.61 Å². The quantitative estimate of drug-likeness (QED) is 0.797. The molecule has 2 heterocycles. The Hall–Kier alpha value is -2.46. The molecule has 1 N–H and O–H groups in total. The summed E-state index contributed by atoms with van der Waals surface area (Å²) < 4.78 is 5.43. The van der Waals surface area contributed by atoms with E-state index in [9.17, 15) is 5.11 Å². The van der Waals surface area contributed by atoms with Crippen LogP contribution in [0.2, 0.25) is 0 Å². The van der Waals surface area contributed by atoms with E-state index in [4.69, 9.17) is 4.74 Å². The lowest BCUT2D eigenvalue weighted by atomic mass is 9.99. The van der Waals surface area contributed by atoms with Crippen LogP contribution in [0.3, 0.4) is 0 Å². The Kier molecular flexibility index (Phi) is 3.79. The average molecular weight is 280 g/mol. The molecular weight excluding hydrogens is 264 g/mol. The van der Waals surface area contributed by atoms with E-state index in [1.807, 2.05) is 43.3 Å². The smallest absolute Gasteiger partial charge is 0.137 e. The molecule has 0 amide bonds. The monoisotopic (exact) mass is 280 g/mol. The molecule has 3 aromatic rings. The number of aliphatic hydroxyl groups excluding tert-OH is 1. The molecule has 0 saturated heterocycles. The van der Waals surface area contributed by atoms with E-state index in [-0.39, 0.29) is 0 Å². The Morgan fingerprint density at radius 1 is 1.19 bits per heavy atom. The number of rotatable bonds is 4. The van der Waals surface area contributed by atoms with E-state index >= 15 is 0 Å². The molecule has 0 bridgehead atoms. The summed E-state index contributed by atoms with van der Waals surface area (Å²) in [4.78, 5) is 8.44. The van der Waals surface area contributed by atoms with Crippen LogP contribution in [0.5, 0.6) is 5.75 Å². The van der Waals surface area contributed by atoms with Crippen molar-refractivity contribution in [3.05, 3.63) is 66.1 Å². The van der Waals surface area contributed by atoms with Crippen LogP contribution in [0.4, 0.5) is 0 Å². The normalized spacial score (nSPS) is 12.3. The van der Waals surface area contributed by atoms with E-state index in [1.54, 1.807) is 18.6 Å². The highest BCUT2D eigenvalue weighted by atomic mass is 16.5. The summed E-state index contributed by atoms with van der Waals surface area (Å²) in [6.07, 6.45) is 4.29. The first kappa shape index (κ1) is 13.5. The Bertz CT molecular complexity index is 753. The fourth-order valence-corrected chi connectivity index (χ4v) is 2.38. The molecule has 1 unspecified atom stereocenters. The van der Waals surface area contributed by atoms with Crippen LogP contribution in [0.25, 0.3) is 10.9 Å². The number of benzene rings is 1. The predicted molar refractivity (Wildman–Crippen MR) is 81.2 cm³/mol. The maximum Gasteiger partial charge on any atom is 0.137 e. The minimum atomic E-state index is -0.759. The van der Waals surface area contributed by atoms with Gasteiger partial charge in [-0.3, -0.25) is 9.97 Å². The van der Waals surface area contributed by atoms with E-state index in [0.717, 1.165) is 16.5 Å². The van der Waals surface area contributed by atoms with Gasteiger partial charge in [0.1, 0.15) is 11.9 Å². The second kappa shape index (κ2) is 5.89. The van der Waals surface area contributed by atoms with Crippen LogP contribution in [0.15, 0.2) is 55.0 Å². The lowest BCUT2D eigenvalue weighted by Crippen LogP contribution is -2.02. The lowest BCUT2D eigenvalue weighted by Gasteiger charge is -2.14. The summed E-state index contributed by atoms with van der Waals surface area (Å²) in [7, 11) is 0. The van der Waals surface area contributed by atoms with Gasteiger partial charge in [0.25, 0.3) is 0 Å². The summed E-state index contributed by atoms with van der Waals surface area (Å²) in [5.41, 5.74) is 2.39. The molecule has 1 atom stereocenters. The number of aliphatic hydroxyl groups is 1. The second-order valence-electron chi connectivity index (χ2n) is 4.71. The van der Waals surface area contributed by atoms with Gasteiger partial charge in [0.15, 0.2) is 0 Å². The Balaban J connectivity index is 2.04. The van der Waals surface area contributed by atoms with Gasteiger partial charge in [-0.15, -0.1) is 0 Å². The molecule has 0 aliphatic carbocycles. The number of hydrogen-bond donors (Lipinski definition) is 1. The van der Waals surface area contributed by atoms with Crippen LogP contribution in [0, 0.1) is 0 Å². The van der Waals surface area contributed by atoms with Gasteiger partial charge >= 0.3 is 0 Å². The van der Waals surface area contributed by atoms with Crippen LogP contribution in [-0.2, 0) is 0 Å². The second-order valence-corrected chi connectivity index (χ2v) is 4.71. The van der Waals surface area contributed by atoms with Gasteiger partial charge in [-0.05, 0) is 30.7 Å². The number of fused-ring (bicyclic) bond motifs is 1. The van der Waals surface area contributed by atoms with Gasteiger partial charge in [0, 0.05) is 23.3 Å². The third kappa shape index (κ3) is 2.71.